The molecule has 4 rings (SSSR count). The van der Waals surface area contributed by atoms with Crippen molar-refractivity contribution in [2.24, 2.45) is 5.92 Å². The molecule has 0 unspecified atom stereocenters. The fourth-order valence-electron chi connectivity index (χ4n) is 3.00. The number of fused-ring (bicyclic) bond motifs is 1. The minimum atomic E-state index is 0.0248. The molecule has 0 N–H and O–H groups in total. The number of amides is 1. The Labute approximate surface area is 129 Å². The summed E-state index contributed by atoms with van der Waals surface area (Å²) in [5.74, 6) is 1.86. The molecular formula is C17H19N3O2. The lowest BCUT2D eigenvalue weighted by Gasteiger charge is -2.23. The third-order valence-corrected chi connectivity index (χ3v) is 4.40. The second-order valence-electron chi connectivity index (χ2n) is 6.11. The van der Waals surface area contributed by atoms with Crippen LogP contribution in [0, 0.1) is 5.92 Å². The number of hydrogen-bond donors (Lipinski definition) is 0. The summed E-state index contributed by atoms with van der Waals surface area (Å²) in [5.41, 5.74) is 1.73. The number of pyridine rings is 1. The zero-order chi connectivity index (χ0) is 14.9. The van der Waals surface area contributed by atoms with Gasteiger partial charge in [-0.15, -0.1) is 0 Å². The Morgan fingerprint density at radius 2 is 2.23 bits per heavy atom. The zero-order valence-electron chi connectivity index (χ0n) is 12.4. The lowest BCUT2D eigenvalue weighted by Crippen LogP contribution is -2.36. The van der Waals surface area contributed by atoms with Gasteiger partial charge in [0.1, 0.15) is 12.1 Å². The molecule has 0 spiro atoms. The normalized spacial score (nSPS) is 18.0. The van der Waals surface area contributed by atoms with Crippen LogP contribution in [0.1, 0.15) is 28.8 Å². The molecule has 1 saturated carbocycles. The van der Waals surface area contributed by atoms with E-state index < -0.39 is 0 Å². The first-order valence-electron chi connectivity index (χ1n) is 7.81. The second-order valence-corrected chi connectivity index (χ2v) is 6.11. The van der Waals surface area contributed by atoms with Gasteiger partial charge in [-0.3, -0.25) is 4.79 Å². The molecule has 2 aromatic rings. The number of hydrogen-bond acceptors (Lipinski definition) is 4. The summed E-state index contributed by atoms with van der Waals surface area (Å²) >= 11 is 0. The molecule has 0 bridgehead atoms. The Bertz CT molecular complexity index is 664. The first-order valence-corrected chi connectivity index (χ1v) is 7.81. The highest BCUT2D eigenvalue weighted by molar-refractivity contribution is 5.94. The molecule has 2 aliphatic rings. The topological polar surface area (TPSA) is 49.6 Å². The van der Waals surface area contributed by atoms with Crippen molar-refractivity contribution in [3.05, 3.63) is 48.0 Å². The van der Waals surface area contributed by atoms with Crippen molar-refractivity contribution < 1.29 is 9.21 Å². The van der Waals surface area contributed by atoms with Crippen LogP contribution in [0.5, 0.6) is 0 Å². The van der Waals surface area contributed by atoms with Crippen molar-refractivity contribution in [2.45, 2.75) is 19.4 Å². The maximum atomic E-state index is 12.6. The summed E-state index contributed by atoms with van der Waals surface area (Å²) < 4.78 is 5.04. The minimum Gasteiger partial charge on any atom is -0.472 e. The van der Waals surface area contributed by atoms with E-state index in [1.807, 2.05) is 17.2 Å². The fourth-order valence-corrected chi connectivity index (χ4v) is 3.00. The van der Waals surface area contributed by atoms with Crippen molar-refractivity contribution in [2.75, 3.05) is 24.5 Å². The number of aromatic nitrogens is 1. The van der Waals surface area contributed by atoms with Crippen LogP contribution >= 0.6 is 0 Å². The Balaban J connectivity index is 1.60. The molecule has 22 heavy (non-hydrogen) atoms. The SMILES string of the molecule is O=C(c1ccoc1)N1CCN(CC2CC2)c2ncccc2C1. The van der Waals surface area contributed by atoms with Crippen molar-refractivity contribution in [3.63, 3.8) is 0 Å². The van der Waals surface area contributed by atoms with Gasteiger partial charge in [-0.25, -0.2) is 4.98 Å². The van der Waals surface area contributed by atoms with Gasteiger partial charge in [-0.05, 0) is 30.9 Å². The third kappa shape index (κ3) is 2.58. The van der Waals surface area contributed by atoms with E-state index >= 15 is 0 Å². The molecule has 3 heterocycles. The predicted octanol–water partition coefficient (Wildman–Crippen LogP) is 2.55. The number of carbonyl (C=O) groups is 1. The summed E-state index contributed by atoms with van der Waals surface area (Å²) in [5, 5.41) is 0. The molecule has 1 amide bonds. The lowest BCUT2D eigenvalue weighted by atomic mass is 10.2. The summed E-state index contributed by atoms with van der Waals surface area (Å²) in [6.07, 6.45) is 7.53. The molecule has 1 fully saturated rings. The third-order valence-electron chi connectivity index (χ3n) is 4.40. The quantitative estimate of drug-likeness (QED) is 0.873. The fraction of sp³-hybridized carbons (Fsp3) is 0.412. The first-order chi connectivity index (χ1) is 10.8. The molecule has 114 valence electrons. The maximum absolute atomic E-state index is 12.6. The molecule has 1 aliphatic carbocycles. The van der Waals surface area contributed by atoms with Crippen LogP contribution < -0.4 is 4.90 Å². The Hall–Kier alpha value is -2.30. The van der Waals surface area contributed by atoms with Crippen molar-refractivity contribution in [3.8, 4) is 0 Å². The van der Waals surface area contributed by atoms with Gasteiger partial charge in [-0.2, -0.15) is 0 Å². The highest BCUT2D eigenvalue weighted by atomic mass is 16.3. The van der Waals surface area contributed by atoms with E-state index in [0.29, 0.717) is 18.7 Å². The average Bonchev–Trinajstić information content (AvgIpc) is 3.24. The molecule has 2 aromatic heterocycles. The van der Waals surface area contributed by atoms with E-state index in [4.69, 9.17) is 4.42 Å². The Morgan fingerprint density at radius 3 is 3.00 bits per heavy atom. The monoisotopic (exact) mass is 297 g/mol. The Kier molecular flexibility index (Phi) is 3.33. The van der Waals surface area contributed by atoms with Gasteiger partial charge in [-0.1, -0.05) is 6.07 Å². The highest BCUT2D eigenvalue weighted by Crippen LogP contribution is 2.32. The molecule has 5 heteroatoms. The zero-order valence-corrected chi connectivity index (χ0v) is 12.4. The van der Waals surface area contributed by atoms with E-state index in [0.717, 1.165) is 30.4 Å². The Morgan fingerprint density at radius 1 is 1.32 bits per heavy atom. The molecule has 1 aliphatic heterocycles. The minimum absolute atomic E-state index is 0.0248. The van der Waals surface area contributed by atoms with E-state index in [2.05, 4.69) is 16.0 Å². The van der Waals surface area contributed by atoms with Crippen LogP contribution in [0.4, 0.5) is 5.82 Å². The van der Waals surface area contributed by atoms with Crippen molar-refractivity contribution in [1.82, 2.24) is 9.88 Å². The van der Waals surface area contributed by atoms with E-state index in [1.54, 1.807) is 12.3 Å². The van der Waals surface area contributed by atoms with E-state index in [9.17, 15) is 4.79 Å². The molecule has 0 radical (unpaired) electrons. The number of anilines is 1. The van der Waals surface area contributed by atoms with Gasteiger partial charge in [0.15, 0.2) is 0 Å². The standard InChI is InChI=1S/C17H19N3O2/c21-17(15-5-9-22-12-15)20-8-7-19(10-13-3-4-13)16-14(11-20)2-1-6-18-16/h1-2,5-6,9,12-13H,3-4,7-8,10-11H2. The number of nitrogens with zero attached hydrogens (tertiary/aromatic N) is 3. The van der Waals surface area contributed by atoms with E-state index in [-0.39, 0.29) is 5.91 Å². The predicted molar refractivity (Wildman–Crippen MR) is 82.6 cm³/mol. The number of furan rings is 1. The van der Waals surface area contributed by atoms with Gasteiger partial charge in [0.05, 0.1) is 11.8 Å². The molecule has 0 saturated heterocycles. The number of carbonyl (C=O) groups excluding carboxylic acids is 1. The van der Waals surface area contributed by atoms with E-state index in [1.165, 1.54) is 19.1 Å². The summed E-state index contributed by atoms with van der Waals surface area (Å²) in [6, 6.07) is 5.74. The summed E-state index contributed by atoms with van der Waals surface area (Å²) in [7, 11) is 0. The van der Waals surface area contributed by atoms with Crippen LogP contribution in [-0.2, 0) is 6.54 Å². The van der Waals surface area contributed by atoms with Gasteiger partial charge in [0.2, 0.25) is 0 Å². The largest absolute Gasteiger partial charge is 0.472 e. The molecular weight excluding hydrogens is 278 g/mol. The van der Waals surface area contributed by atoms with Crippen LogP contribution in [0.2, 0.25) is 0 Å². The van der Waals surface area contributed by atoms with Crippen molar-refractivity contribution >= 4 is 11.7 Å². The second kappa shape index (κ2) is 5.48. The lowest BCUT2D eigenvalue weighted by molar-refractivity contribution is 0.0750. The van der Waals surface area contributed by atoms with Crippen LogP contribution in [-0.4, -0.2) is 35.4 Å². The van der Waals surface area contributed by atoms with Gasteiger partial charge >= 0.3 is 0 Å². The molecule has 5 nitrogen and oxygen atoms in total. The van der Waals surface area contributed by atoms with Crippen LogP contribution in [0.25, 0.3) is 0 Å². The average molecular weight is 297 g/mol. The maximum Gasteiger partial charge on any atom is 0.257 e. The van der Waals surface area contributed by atoms with Crippen LogP contribution in [0.15, 0.2) is 41.3 Å². The molecule has 0 aromatic carbocycles. The van der Waals surface area contributed by atoms with Gasteiger partial charge in [0, 0.05) is 37.9 Å². The van der Waals surface area contributed by atoms with Gasteiger partial charge in [0.25, 0.3) is 5.91 Å². The number of rotatable bonds is 3. The summed E-state index contributed by atoms with van der Waals surface area (Å²) in [4.78, 5) is 21.4. The first kappa shape index (κ1) is 13.4. The van der Waals surface area contributed by atoms with Crippen LogP contribution in [0.3, 0.4) is 0 Å². The van der Waals surface area contributed by atoms with Gasteiger partial charge < -0.3 is 14.2 Å². The summed E-state index contributed by atoms with van der Waals surface area (Å²) in [6.45, 7) is 3.21. The molecule has 0 atom stereocenters. The smallest absolute Gasteiger partial charge is 0.257 e. The highest BCUT2D eigenvalue weighted by Gasteiger charge is 2.29. The van der Waals surface area contributed by atoms with Crippen molar-refractivity contribution in [1.29, 1.82) is 0 Å².